The lowest BCUT2D eigenvalue weighted by Gasteiger charge is -2.19. The molecule has 0 saturated carbocycles. The third-order valence-electron chi connectivity index (χ3n) is 3.00. The largest absolute Gasteiger partial charge is 0.486 e. The van der Waals surface area contributed by atoms with Crippen molar-refractivity contribution in [2.45, 2.75) is 4.90 Å². The van der Waals surface area contributed by atoms with E-state index in [9.17, 15) is 8.42 Å². The number of anilines is 1. The molecule has 0 saturated heterocycles. The average molecular weight is 360 g/mol. The fourth-order valence-corrected chi connectivity index (χ4v) is 3.40. The highest BCUT2D eigenvalue weighted by molar-refractivity contribution is 7.92. The van der Waals surface area contributed by atoms with Gasteiger partial charge in [0.25, 0.3) is 10.0 Å². The first-order chi connectivity index (χ1) is 10.5. The maximum absolute atomic E-state index is 12.3. The molecule has 1 N–H and O–H groups in total. The summed E-state index contributed by atoms with van der Waals surface area (Å²) in [5.74, 6) is 1.09. The third-order valence-corrected chi connectivity index (χ3v) is 5.11. The first-order valence-corrected chi connectivity index (χ1v) is 8.57. The van der Waals surface area contributed by atoms with Gasteiger partial charge in [-0.2, -0.15) is 0 Å². The molecule has 1 aliphatic rings. The lowest BCUT2D eigenvalue weighted by molar-refractivity contribution is 0.171. The highest BCUT2D eigenvalue weighted by Gasteiger charge is 2.18. The number of ether oxygens (including phenoxy) is 2. The summed E-state index contributed by atoms with van der Waals surface area (Å²) >= 11 is 11.6. The maximum Gasteiger partial charge on any atom is 0.261 e. The first kappa shape index (κ1) is 15.3. The first-order valence-electron chi connectivity index (χ1n) is 6.33. The number of fused-ring (bicyclic) bond motifs is 1. The molecule has 0 fully saturated rings. The molecule has 0 bridgehead atoms. The minimum absolute atomic E-state index is 0.0248. The predicted molar refractivity (Wildman–Crippen MR) is 84.7 cm³/mol. The van der Waals surface area contributed by atoms with Crippen molar-refractivity contribution in [2.24, 2.45) is 0 Å². The minimum atomic E-state index is -3.77. The molecule has 116 valence electrons. The number of rotatable bonds is 3. The van der Waals surface area contributed by atoms with Crippen LogP contribution in [0.15, 0.2) is 41.3 Å². The smallest absolute Gasteiger partial charge is 0.261 e. The summed E-state index contributed by atoms with van der Waals surface area (Å²) in [4.78, 5) is 0.0248. The van der Waals surface area contributed by atoms with E-state index in [1.54, 1.807) is 18.2 Å². The average Bonchev–Trinajstić information content (AvgIpc) is 2.49. The van der Waals surface area contributed by atoms with Crippen molar-refractivity contribution in [1.29, 1.82) is 0 Å². The van der Waals surface area contributed by atoms with Crippen molar-refractivity contribution in [3.8, 4) is 11.5 Å². The summed E-state index contributed by atoms with van der Waals surface area (Å²) in [6.45, 7) is 0.900. The van der Waals surface area contributed by atoms with Gasteiger partial charge in [-0.05, 0) is 30.3 Å². The van der Waals surface area contributed by atoms with Crippen LogP contribution in [0, 0.1) is 0 Å². The van der Waals surface area contributed by atoms with Crippen molar-refractivity contribution in [3.05, 3.63) is 46.4 Å². The number of nitrogens with one attached hydrogen (secondary N) is 1. The van der Waals surface area contributed by atoms with Crippen LogP contribution in [0.25, 0.3) is 0 Å². The van der Waals surface area contributed by atoms with Crippen LogP contribution in [-0.4, -0.2) is 21.6 Å². The molecular weight excluding hydrogens is 349 g/mol. The number of hydrogen-bond donors (Lipinski definition) is 1. The molecule has 5 nitrogen and oxygen atoms in total. The number of sulfonamides is 1. The Morgan fingerprint density at radius 3 is 2.36 bits per heavy atom. The number of halogens is 2. The molecule has 1 heterocycles. The summed E-state index contributed by atoms with van der Waals surface area (Å²) in [6, 6.07) is 8.94. The van der Waals surface area contributed by atoms with Crippen molar-refractivity contribution in [1.82, 2.24) is 0 Å². The standard InChI is InChI=1S/C14H11Cl2NO4S/c15-11-3-2-10(8-12(11)16)22(18,19)17-9-1-4-13-14(7-9)21-6-5-20-13/h1-4,7-8,17H,5-6H2. The zero-order valence-electron chi connectivity index (χ0n) is 11.2. The fraction of sp³-hybridized carbons (Fsp3) is 0.143. The predicted octanol–water partition coefficient (Wildman–Crippen LogP) is 3.57. The molecule has 0 spiro atoms. The van der Waals surface area contributed by atoms with E-state index in [0.29, 0.717) is 35.4 Å². The van der Waals surface area contributed by atoms with E-state index in [4.69, 9.17) is 32.7 Å². The van der Waals surface area contributed by atoms with Gasteiger partial charge in [0, 0.05) is 6.07 Å². The van der Waals surface area contributed by atoms with Gasteiger partial charge in [-0.3, -0.25) is 4.72 Å². The van der Waals surface area contributed by atoms with E-state index < -0.39 is 10.0 Å². The molecule has 0 atom stereocenters. The van der Waals surface area contributed by atoms with Gasteiger partial charge < -0.3 is 9.47 Å². The van der Waals surface area contributed by atoms with Crippen LogP contribution < -0.4 is 14.2 Å². The monoisotopic (exact) mass is 359 g/mol. The van der Waals surface area contributed by atoms with E-state index >= 15 is 0 Å². The maximum atomic E-state index is 12.3. The lowest BCUT2D eigenvalue weighted by Crippen LogP contribution is -2.16. The van der Waals surface area contributed by atoms with Gasteiger partial charge in [0.2, 0.25) is 0 Å². The summed E-state index contributed by atoms with van der Waals surface area (Å²) in [6.07, 6.45) is 0. The van der Waals surface area contributed by atoms with Gasteiger partial charge in [0.05, 0.1) is 20.6 Å². The van der Waals surface area contributed by atoms with Gasteiger partial charge in [-0.1, -0.05) is 23.2 Å². The Bertz CT molecular complexity index is 824. The van der Waals surface area contributed by atoms with Crippen LogP contribution in [0.4, 0.5) is 5.69 Å². The molecule has 2 aromatic rings. The van der Waals surface area contributed by atoms with Crippen LogP contribution in [0.5, 0.6) is 11.5 Å². The van der Waals surface area contributed by atoms with Crippen molar-refractivity contribution >= 4 is 38.9 Å². The molecule has 1 aliphatic heterocycles. The van der Waals surface area contributed by atoms with Crippen LogP contribution >= 0.6 is 23.2 Å². The topological polar surface area (TPSA) is 64.6 Å². The SMILES string of the molecule is O=S(=O)(Nc1ccc2c(c1)OCCO2)c1ccc(Cl)c(Cl)c1. The van der Waals surface area contributed by atoms with Crippen LogP contribution in [0.3, 0.4) is 0 Å². The van der Waals surface area contributed by atoms with Crippen molar-refractivity contribution < 1.29 is 17.9 Å². The summed E-state index contributed by atoms with van der Waals surface area (Å²) in [5, 5.41) is 0.465. The van der Waals surface area contributed by atoms with Crippen LogP contribution in [-0.2, 0) is 10.0 Å². The summed E-state index contributed by atoms with van der Waals surface area (Å²) in [5.41, 5.74) is 0.371. The molecule has 2 aromatic carbocycles. The molecule has 22 heavy (non-hydrogen) atoms. The molecule has 0 aromatic heterocycles. The second-order valence-corrected chi connectivity index (χ2v) is 7.04. The zero-order valence-corrected chi connectivity index (χ0v) is 13.5. The highest BCUT2D eigenvalue weighted by atomic mass is 35.5. The van der Waals surface area contributed by atoms with Gasteiger partial charge >= 0.3 is 0 Å². The quantitative estimate of drug-likeness (QED) is 0.909. The third kappa shape index (κ3) is 3.09. The second-order valence-electron chi connectivity index (χ2n) is 4.54. The fourth-order valence-electron chi connectivity index (χ4n) is 1.96. The molecule has 0 unspecified atom stereocenters. The summed E-state index contributed by atoms with van der Waals surface area (Å²) in [7, 11) is -3.77. The number of benzene rings is 2. The lowest BCUT2D eigenvalue weighted by atomic mass is 10.3. The molecule has 8 heteroatoms. The van der Waals surface area contributed by atoms with E-state index in [0.717, 1.165) is 0 Å². The highest BCUT2D eigenvalue weighted by Crippen LogP contribution is 2.33. The van der Waals surface area contributed by atoms with E-state index in [1.165, 1.54) is 18.2 Å². The Morgan fingerprint density at radius 2 is 1.64 bits per heavy atom. The Hall–Kier alpha value is -1.63. The van der Waals surface area contributed by atoms with E-state index in [1.807, 2.05) is 0 Å². The van der Waals surface area contributed by atoms with Gasteiger partial charge in [-0.15, -0.1) is 0 Å². The minimum Gasteiger partial charge on any atom is -0.486 e. The molecule has 0 aliphatic carbocycles. The van der Waals surface area contributed by atoms with Gasteiger partial charge in [-0.25, -0.2) is 8.42 Å². The Balaban J connectivity index is 1.89. The molecular formula is C14H11Cl2NO4S. The second kappa shape index (κ2) is 5.87. The van der Waals surface area contributed by atoms with Gasteiger partial charge in [0.15, 0.2) is 11.5 Å². The van der Waals surface area contributed by atoms with Crippen LogP contribution in [0.1, 0.15) is 0 Å². The van der Waals surface area contributed by atoms with Crippen molar-refractivity contribution in [2.75, 3.05) is 17.9 Å². The van der Waals surface area contributed by atoms with Gasteiger partial charge in [0.1, 0.15) is 13.2 Å². The summed E-state index contributed by atoms with van der Waals surface area (Å²) < 4.78 is 38.0. The Labute approximate surface area is 137 Å². The van der Waals surface area contributed by atoms with E-state index in [-0.39, 0.29) is 9.92 Å². The molecule has 3 rings (SSSR count). The molecule has 0 amide bonds. The normalized spacial score (nSPS) is 13.7. The Morgan fingerprint density at radius 1 is 0.909 bits per heavy atom. The van der Waals surface area contributed by atoms with E-state index in [2.05, 4.69) is 4.72 Å². The Kier molecular flexibility index (Phi) is 4.08. The van der Waals surface area contributed by atoms with Crippen molar-refractivity contribution in [3.63, 3.8) is 0 Å². The number of hydrogen-bond acceptors (Lipinski definition) is 4. The zero-order chi connectivity index (χ0) is 15.7. The molecule has 0 radical (unpaired) electrons. The van der Waals surface area contributed by atoms with Crippen LogP contribution in [0.2, 0.25) is 10.0 Å².